The van der Waals surface area contributed by atoms with Crippen LogP contribution in [0.1, 0.15) is 35.3 Å². The summed E-state index contributed by atoms with van der Waals surface area (Å²) in [6.07, 6.45) is -11.4. The van der Waals surface area contributed by atoms with Crippen LogP contribution < -0.4 is 0 Å². The molecule has 2 fully saturated rings. The number of thioether (sulfide) groups is 1. The van der Waals surface area contributed by atoms with Crippen molar-refractivity contribution in [1.82, 2.24) is 15.0 Å². The number of ether oxygens (including phenoxy) is 1. The normalized spacial score (nSPS) is 27.5. The average Bonchev–Trinajstić information content (AvgIpc) is 3.39. The van der Waals surface area contributed by atoms with Crippen molar-refractivity contribution in [1.29, 1.82) is 0 Å². The smallest absolute Gasteiger partial charge is 0.394 e. The number of hydrogen-bond acceptors (Lipinski definition) is 8. The molecule has 43 heavy (non-hydrogen) atoms. The van der Waals surface area contributed by atoms with Crippen LogP contribution in [0.4, 0.5) is 35.1 Å². The minimum atomic E-state index is -4.94. The van der Waals surface area contributed by atoms with Crippen molar-refractivity contribution in [3.05, 3.63) is 71.2 Å². The number of aliphatic hydroxyl groups excluding tert-OH is 3. The van der Waals surface area contributed by atoms with Gasteiger partial charge in [0.25, 0.3) is 5.92 Å². The SMILES string of the molecule is OC[C@H]1O[C@@H](SC(c2ccccc2C(F)(F)F)C2(O)CC(F)(F)C2)[C@H](O)[C@@H](n2cc(-c3cc(F)c(F)c(F)c3)nn2)[C@H]1O. The monoisotopic (exact) mass is 641 g/mol. The Bertz CT molecular complexity index is 1460. The first-order valence-corrected chi connectivity index (χ1v) is 13.6. The lowest BCUT2D eigenvalue weighted by Crippen LogP contribution is -2.58. The van der Waals surface area contributed by atoms with E-state index in [4.69, 9.17) is 4.74 Å². The molecule has 0 amide bonds. The number of aromatic nitrogens is 3. The van der Waals surface area contributed by atoms with Gasteiger partial charge >= 0.3 is 6.18 Å². The Balaban J connectivity index is 1.51. The molecule has 6 atom stereocenters. The summed E-state index contributed by atoms with van der Waals surface area (Å²) in [4.78, 5) is 0. The number of rotatable bonds is 7. The molecule has 1 unspecified atom stereocenters. The van der Waals surface area contributed by atoms with Crippen LogP contribution >= 0.6 is 11.8 Å². The Labute approximate surface area is 241 Å². The predicted octanol–water partition coefficient (Wildman–Crippen LogP) is 4.00. The van der Waals surface area contributed by atoms with Gasteiger partial charge in [0.15, 0.2) is 17.5 Å². The second-order valence-corrected chi connectivity index (χ2v) is 11.7. The number of nitrogens with zero attached hydrogens (tertiary/aromatic N) is 3. The highest BCUT2D eigenvalue weighted by Crippen LogP contribution is 2.59. The van der Waals surface area contributed by atoms with Crippen LogP contribution in [0.25, 0.3) is 11.3 Å². The van der Waals surface area contributed by atoms with E-state index in [0.717, 1.165) is 23.0 Å². The number of aliphatic hydroxyl groups is 4. The van der Waals surface area contributed by atoms with Crippen LogP contribution in [-0.4, -0.2) is 77.3 Å². The topological polar surface area (TPSA) is 121 Å². The minimum Gasteiger partial charge on any atom is -0.394 e. The van der Waals surface area contributed by atoms with Crippen molar-refractivity contribution >= 4 is 11.8 Å². The van der Waals surface area contributed by atoms with Crippen LogP contribution in [0, 0.1) is 17.5 Å². The fraction of sp³-hybridized carbons (Fsp3) is 0.462. The summed E-state index contributed by atoms with van der Waals surface area (Å²) in [5.41, 5.74) is -6.26. The van der Waals surface area contributed by atoms with Gasteiger partial charge in [0.1, 0.15) is 35.5 Å². The third-order valence-corrected chi connectivity index (χ3v) is 9.00. The summed E-state index contributed by atoms with van der Waals surface area (Å²) in [6.45, 7) is -0.871. The van der Waals surface area contributed by atoms with E-state index in [9.17, 15) is 55.5 Å². The first kappa shape index (κ1) is 31.6. The molecule has 0 bridgehead atoms. The zero-order valence-electron chi connectivity index (χ0n) is 21.6. The molecule has 1 saturated carbocycles. The summed E-state index contributed by atoms with van der Waals surface area (Å²) in [7, 11) is 0. The lowest BCUT2D eigenvalue weighted by atomic mass is 9.72. The van der Waals surface area contributed by atoms with Gasteiger partial charge in [-0.15, -0.1) is 16.9 Å². The molecule has 234 valence electrons. The van der Waals surface area contributed by atoms with Crippen LogP contribution in [-0.2, 0) is 10.9 Å². The highest BCUT2D eigenvalue weighted by molar-refractivity contribution is 8.00. The van der Waals surface area contributed by atoms with E-state index in [1.807, 2.05) is 0 Å². The van der Waals surface area contributed by atoms with Gasteiger partial charge in [-0.2, -0.15) is 13.2 Å². The third-order valence-electron chi connectivity index (χ3n) is 7.38. The average molecular weight is 642 g/mol. The third kappa shape index (κ3) is 5.98. The van der Waals surface area contributed by atoms with Crippen LogP contribution in [0.2, 0.25) is 0 Å². The molecular formula is C26H23F8N3O5S. The van der Waals surface area contributed by atoms with Gasteiger partial charge in [-0.1, -0.05) is 23.4 Å². The number of alkyl halides is 5. The second-order valence-electron chi connectivity index (χ2n) is 10.4. The van der Waals surface area contributed by atoms with E-state index < -0.39 is 101 Å². The van der Waals surface area contributed by atoms with Crippen LogP contribution in [0.5, 0.6) is 0 Å². The highest BCUT2D eigenvalue weighted by Gasteiger charge is 2.62. The molecule has 8 nitrogen and oxygen atoms in total. The van der Waals surface area contributed by atoms with Crippen molar-refractivity contribution in [3.63, 3.8) is 0 Å². The molecule has 1 aliphatic carbocycles. The molecule has 1 aliphatic heterocycles. The Hall–Kier alpha value is -2.83. The maximum atomic E-state index is 13.9. The largest absolute Gasteiger partial charge is 0.416 e. The number of hydrogen-bond donors (Lipinski definition) is 4. The number of benzene rings is 2. The summed E-state index contributed by atoms with van der Waals surface area (Å²) >= 11 is 0.389. The van der Waals surface area contributed by atoms with E-state index >= 15 is 0 Å². The quantitative estimate of drug-likeness (QED) is 0.226. The molecule has 0 radical (unpaired) electrons. The van der Waals surface area contributed by atoms with Crippen molar-refractivity contribution in [3.8, 4) is 11.3 Å². The molecule has 4 N–H and O–H groups in total. The molecule has 1 aromatic heterocycles. The lowest BCUT2D eigenvalue weighted by Gasteiger charge is -2.50. The summed E-state index contributed by atoms with van der Waals surface area (Å²) < 4.78 is 117. The maximum Gasteiger partial charge on any atom is 0.416 e. The van der Waals surface area contributed by atoms with Crippen molar-refractivity contribution in [2.24, 2.45) is 0 Å². The molecule has 1 saturated heterocycles. The molecule has 17 heteroatoms. The molecule has 3 aromatic rings. The van der Waals surface area contributed by atoms with Crippen molar-refractivity contribution < 1.29 is 60.3 Å². The van der Waals surface area contributed by atoms with Gasteiger partial charge in [0, 0.05) is 18.4 Å². The molecule has 2 aromatic carbocycles. The van der Waals surface area contributed by atoms with Gasteiger partial charge < -0.3 is 25.2 Å². The molecule has 5 rings (SSSR count). The zero-order valence-corrected chi connectivity index (χ0v) is 22.4. The molecule has 2 aliphatic rings. The van der Waals surface area contributed by atoms with E-state index in [1.54, 1.807) is 0 Å². The molecule has 0 spiro atoms. The lowest BCUT2D eigenvalue weighted by molar-refractivity contribution is -0.206. The van der Waals surface area contributed by atoms with Gasteiger partial charge in [0.05, 0.1) is 29.2 Å². The van der Waals surface area contributed by atoms with E-state index in [0.29, 0.717) is 30.0 Å². The van der Waals surface area contributed by atoms with Gasteiger partial charge in [0.2, 0.25) is 0 Å². The Morgan fingerprint density at radius 1 is 1.05 bits per heavy atom. The zero-order chi connectivity index (χ0) is 31.5. The Morgan fingerprint density at radius 2 is 1.67 bits per heavy atom. The summed E-state index contributed by atoms with van der Waals surface area (Å²) in [5.74, 6) is -8.16. The fourth-order valence-corrected chi connectivity index (χ4v) is 6.96. The van der Waals surface area contributed by atoms with Crippen molar-refractivity contribution in [2.75, 3.05) is 6.61 Å². The summed E-state index contributed by atoms with van der Waals surface area (Å²) in [5, 5.41) is 48.8. The van der Waals surface area contributed by atoms with Gasteiger partial charge in [-0.25, -0.2) is 26.6 Å². The van der Waals surface area contributed by atoms with E-state index in [-0.39, 0.29) is 11.3 Å². The highest BCUT2D eigenvalue weighted by atomic mass is 32.2. The van der Waals surface area contributed by atoms with Gasteiger partial charge in [-0.05, 0) is 23.8 Å². The van der Waals surface area contributed by atoms with E-state index in [2.05, 4.69) is 10.3 Å². The summed E-state index contributed by atoms with van der Waals surface area (Å²) in [6, 6.07) is 3.71. The minimum absolute atomic E-state index is 0.226. The standard InChI is InChI=1S/C26H23F8N3O5S/c27-14-5-11(6-15(28)18(14)29)16-7-37(36-35-16)19-20(39)17(8-38)42-23(21(19)40)43-22(24(41)9-25(30,31)10-24)12-3-1-2-4-13(12)26(32,33)34/h1-7,17,19-23,38-41H,8-10H2/t17-,19+,20+,21-,22?,23+/m1/s1. The molecule has 2 heterocycles. The van der Waals surface area contributed by atoms with Crippen LogP contribution in [0.15, 0.2) is 42.6 Å². The Morgan fingerprint density at radius 3 is 2.26 bits per heavy atom. The fourth-order valence-electron chi connectivity index (χ4n) is 5.39. The maximum absolute atomic E-state index is 13.9. The number of halogens is 8. The molecular weight excluding hydrogens is 618 g/mol. The first-order valence-electron chi connectivity index (χ1n) is 12.7. The van der Waals surface area contributed by atoms with Crippen molar-refractivity contribution in [2.45, 2.75) is 65.6 Å². The van der Waals surface area contributed by atoms with Crippen LogP contribution in [0.3, 0.4) is 0 Å². The van der Waals surface area contributed by atoms with E-state index in [1.165, 1.54) is 6.07 Å². The van der Waals surface area contributed by atoms with Gasteiger partial charge in [-0.3, -0.25) is 0 Å². The Kier molecular flexibility index (Phi) is 8.28. The second kappa shape index (κ2) is 11.3. The predicted molar refractivity (Wildman–Crippen MR) is 133 cm³/mol. The first-order chi connectivity index (χ1) is 20.0.